The van der Waals surface area contributed by atoms with Crippen LogP contribution in [0.4, 0.5) is 34.1 Å². The molecule has 1 aliphatic rings. The average Bonchev–Trinajstić information content (AvgIpc) is 3.10. The molecule has 50 heavy (non-hydrogen) atoms. The van der Waals surface area contributed by atoms with E-state index in [4.69, 9.17) is 4.74 Å². The molecule has 0 spiro atoms. The molecule has 0 N–H and O–H groups in total. The first-order valence-electron chi connectivity index (χ1n) is 17.7. The third-order valence-electron chi connectivity index (χ3n) is 9.96. The van der Waals surface area contributed by atoms with Crippen molar-refractivity contribution < 1.29 is 4.74 Å². The summed E-state index contributed by atoms with van der Waals surface area (Å²) in [5, 5.41) is 0. The number of nitrogens with zero attached hydrogens (tertiary/aromatic N) is 2. The minimum Gasteiger partial charge on any atom is -0.452 e. The maximum absolute atomic E-state index is 7.48. The van der Waals surface area contributed by atoms with Crippen LogP contribution in [0.1, 0.15) is 77.6 Å². The highest BCUT2D eigenvalue weighted by molar-refractivity contribution is 5.87. The first-order chi connectivity index (χ1) is 23.8. The highest BCUT2D eigenvalue weighted by atomic mass is 16.5. The van der Waals surface area contributed by atoms with E-state index in [1.807, 2.05) is 0 Å². The van der Waals surface area contributed by atoms with Gasteiger partial charge >= 0.3 is 0 Å². The van der Waals surface area contributed by atoms with Crippen LogP contribution in [0.3, 0.4) is 0 Å². The summed E-state index contributed by atoms with van der Waals surface area (Å²) in [4.78, 5) is 4.70. The lowest BCUT2D eigenvalue weighted by atomic mass is 9.71. The van der Waals surface area contributed by atoms with Crippen LogP contribution < -0.4 is 14.5 Å². The second-order valence-electron chi connectivity index (χ2n) is 16.0. The van der Waals surface area contributed by atoms with E-state index in [0.29, 0.717) is 0 Å². The van der Waals surface area contributed by atoms with Crippen molar-refractivity contribution in [2.45, 2.75) is 71.6 Å². The van der Waals surface area contributed by atoms with E-state index in [1.165, 1.54) is 22.3 Å². The highest BCUT2D eigenvalue weighted by Gasteiger charge is 2.41. The Hall–Kier alpha value is -5.28. The number of rotatable bonds is 6. The van der Waals surface area contributed by atoms with E-state index >= 15 is 0 Å². The highest BCUT2D eigenvalue weighted by Crippen LogP contribution is 2.58. The van der Waals surface area contributed by atoms with Gasteiger partial charge in [-0.2, -0.15) is 0 Å². The summed E-state index contributed by atoms with van der Waals surface area (Å²) in [7, 11) is 0. The first kappa shape index (κ1) is 33.2. The van der Waals surface area contributed by atoms with Crippen molar-refractivity contribution in [2.24, 2.45) is 0 Å². The Morgan fingerprint density at radius 1 is 0.420 bits per heavy atom. The zero-order chi connectivity index (χ0) is 35.3. The molecule has 0 amide bonds. The average molecular weight is 657 g/mol. The molecule has 0 aromatic heterocycles. The first-order valence-corrected chi connectivity index (χ1v) is 17.7. The topological polar surface area (TPSA) is 15.7 Å². The van der Waals surface area contributed by atoms with Crippen LogP contribution >= 0.6 is 0 Å². The lowest BCUT2D eigenvalue weighted by Crippen LogP contribution is -2.29. The van der Waals surface area contributed by atoms with Crippen LogP contribution in [-0.4, -0.2) is 0 Å². The molecule has 0 saturated carbocycles. The molecular formula is C47H48N2O. The Balaban J connectivity index is 1.57. The van der Waals surface area contributed by atoms with Crippen LogP contribution in [0.15, 0.2) is 146 Å². The minimum atomic E-state index is -0.382. The van der Waals surface area contributed by atoms with Crippen molar-refractivity contribution in [1.29, 1.82) is 0 Å². The van der Waals surface area contributed by atoms with Crippen molar-refractivity contribution >= 4 is 34.1 Å². The molecule has 0 bridgehead atoms. The minimum absolute atomic E-state index is 0.0883. The SMILES string of the molecule is CC(C)(C)c1cc(N(c2ccccc2)c2ccccc2)c2c(c1)C(C)(C)c1cc(C(C)(C)C)cc(N(c3ccccc3)c3ccccc3)c1O2. The summed E-state index contributed by atoms with van der Waals surface area (Å²) < 4.78 is 7.48. The van der Waals surface area contributed by atoms with Gasteiger partial charge in [0.1, 0.15) is 0 Å². The number of hydrogen-bond acceptors (Lipinski definition) is 3. The maximum Gasteiger partial charge on any atom is 0.155 e. The fourth-order valence-corrected chi connectivity index (χ4v) is 6.98. The number of anilines is 6. The van der Waals surface area contributed by atoms with Crippen molar-refractivity contribution in [3.8, 4) is 11.5 Å². The van der Waals surface area contributed by atoms with Crippen LogP contribution in [0.2, 0.25) is 0 Å². The molecule has 6 aromatic carbocycles. The molecule has 0 fully saturated rings. The molecule has 0 atom stereocenters. The molecular weight excluding hydrogens is 609 g/mol. The Morgan fingerprint density at radius 3 is 0.960 bits per heavy atom. The molecule has 3 nitrogen and oxygen atoms in total. The largest absolute Gasteiger partial charge is 0.452 e. The third kappa shape index (κ3) is 6.07. The summed E-state index contributed by atoms with van der Waals surface area (Å²) in [6.45, 7) is 18.5. The standard InChI is InChI=1S/C47H48N2O/c1-45(2,3)33-29-39-43(41(31-33)48(35-21-13-9-14-22-35)36-23-15-10-16-24-36)50-44-40(47(39,7)8)30-34(46(4,5)6)32-42(44)49(37-25-17-11-18-26-37)38-27-19-12-20-28-38/h9-32H,1-8H3. The van der Waals surface area contributed by atoms with Gasteiger partial charge in [0.15, 0.2) is 11.5 Å². The van der Waals surface area contributed by atoms with Gasteiger partial charge in [-0.25, -0.2) is 0 Å². The van der Waals surface area contributed by atoms with E-state index < -0.39 is 0 Å². The van der Waals surface area contributed by atoms with Gasteiger partial charge in [-0.15, -0.1) is 0 Å². The predicted molar refractivity (Wildman–Crippen MR) is 212 cm³/mol. The number of ether oxygens (including phenoxy) is 1. The molecule has 0 unspecified atom stereocenters. The van der Waals surface area contributed by atoms with E-state index in [0.717, 1.165) is 45.6 Å². The van der Waals surface area contributed by atoms with Crippen molar-refractivity contribution in [2.75, 3.05) is 9.80 Å². The van der Waals surface area contributed by atoms with Gasteiger partial charge in [-0.05, 0) is 82.6 Å². The smallest absolute Gasteiger partial charge is 0.155 e. The van der Waals surface area contributed by atoms with E-state index in [2.05, 4.69) is 211 Å². The normalized spacial score (nSPS) is 13.5. The monoisotopic (exact) mass is 656 g/mol. The van der Waals surface area contributed by atoms with Crippen molar-refractivity contribution in [3.63, 3.8) is 0 Å². The molecule has 3 heteroatoms. The van der Waals surface area contributed by atoms with Gasteiger partial charge in [0, 0.05) is 39.3 Å². The molecule has 6 aromatic rings. The molecule has 252 valence electrons. The fraction of sp³-hybridized carbons (Fsp3) is 0.234. The van der Waals surface area contributed by atoms with Gasteiger partial charge in [-0.1, -0.05) is 140 Å². The molecule has 0 radical (unpaired) electrons. The van der Waals surface area contributed by atoms with Gasteiger partial charge in [0.05, 0.1) is 11.4 Å². The van der Waals surface area contributed by atoms with E-state index in [-0.39, 0.29) is 16.2 Å². The molecule has 0 aliphatic carbocycles. The number of hydrogen-bond donors (Lipinski definition) is 0. The van der Waals surface area contributed by atoms with Gasteiger partial charge in [0.25, 0.3) is 0 Å². The summed E-state index contributed by atoms with van der Waals surface area (Å²) in [5.41, 5.74) is 10.7. The Bertz CT molecular complexity index is 1880. The zero-order valence-electron chi connectivity index (χ0n) is 30.7. The number of fused-ring (bicyclic) bond motifs is 2. The third-order valence-corrected chi connectivity index (χ3v) is 9.96. The quantitative estimate of drug-likeness (QED) is 0.177. The van der Waals surface area contributed by atoms with Crippen molar-refractivity contribution in [1.82, 2.24) is 0 Å². The maximum atomic E-state index is 7.48. The molecule has 1 heterocycles. The lowest BCUT2D eigenvalue weighted by Gasteiger charge is -2.41. The number of para-hydroxylation sites is 4. The molecule has 0 saturated heterocycles. The summed E-state index contributed by atoms with van der Waals surface area (Å²) in [6, 6.07) is 52.1. The summed E-state index contributed by atoms with van der Waals surface area (Å²) in [6.07, 6.45) is 0. The predicted octanol–water partition coefficient (Wildman–Crippen LogP) is 13.7. The van der Waals surface area contributed by atoms with Crippen molar-refractivity contribution in [3.05, 3.63) is 168 Å². The summed E-state index contributed by atoms with van der Waals surface area (Å²) in [5.74, 6) is 1.77. The van der Waals surface area contributed by atoms with Crippen LogP contribution in [0, 0.1) is 0 Å². The number of benzene rings is 6. The second-order valence-corrected chi connectivity index (χ2v) is 16.0. The Morgan fingerprint density at radius 2 is 0.700 bits per heavy atom. The Labute approximate surface area is 298 Å². The van der Waals surface area contributed by atoms with Gasteiger partial charge in [-0.3, -0.25) is 0 Å². The lowest BCUT2D eigenvalue weighted by molar-refractivity contribution is 0.417. The van der Waals surface area contributed by atoms with Crippen LogP contribution in [0.25, 0.3) is 0 Å². The Kier molecular flexibility index (Phi) is 8.34. The molecule has 7 rings (SSSR count). The van der Waals surface area contributed by atoms with E-state index in [1.54, 1.807) is 0 Å². The van der Waals surface area contributed by atoms with Crippen LogP contribution in [-0.2, 0) is 16.2 Å². The van der Waals surface area contributed by atoms with Gasteiger partial charge in [0.2, 0.25) is 0 Å². The van der Waals surface area contributed by atoms with E-state index in [9.17, 15) is 0 Å². The zero-order valence-corrected chi connectivity index (χ0v) is 30.7. The molecule has 1 aliphatic heterocycles. The van der Waals surface area contributed by atoms with Gasteiger partial charge < -0.3 is 14.5 Å². The van der Waals surface area contributed by atoms with Crippen LogP contribution in [0.5, 0.6) is 11.5 Å². The second kappa shape index (κ2) is 12.6. The summed E-state index contributed by atoms with van der Waals surface area (Å²) >= 11 is 0. The fourth-order valence-electron chi connectivity index (χ4n) is 6.98.